The van der Waals surface area contributed by atoms with Gasteiger partial charge in [0.1, 0.15) is 11.9 Å². The molecule has 0 spiro atoms. The quantitative estimate of drug-likeness (QED) is 0.759. The van der Waals surface area contributed by atoms with E-state index in [0.29, 0.717) is 4.47 Å². The number of aliphatic hydroxyl groups excluding tert-OH is 1. The first kappa shape index (κ1) is 14.7. The van der Waals surface area contributed by atoms with E-state index in [2.05, 4.69) is 21.2 Å². The van der Waals surface area contributed by atoms with Crippen molar-refractivity contribution in [2.75, 3.05) is 11.9 Å². The minimum atomic E-state index is -1.20. The number of rotatable bonds is 2. The molecule has 0 bridgehead atoms. The van der Waals surface area contributed by atoms with Crippen LogP contribution in [0.15, 0.2) is 22.7 Å². The van der Waals surface area contributed by atoms with Crippen molar-refractivity contribution in [2.45, 2.75) is 18.6 Å². The van der Waals surface area contributed by atoms with Crippen LogP contribution >= 0.6 is 15.9 Å². The van der Waals surface area contributed by atoms with E-state index in [4.69, 9.17) is 5.11 Å². The molecule has 2 amide bonds. The average Bonchev–Trinajstić information content (AvgIpc) is 2.75. The highest BCUT2D eigenvalue weighted by molar-refractivity contribution is 9.10. The first-order valence-corrected chi connectivity index (χ1v) is 6.61. The van der Waals surface area contributed by atoms with Crippen molar-refractivity contribution in [3.63, 3.8) is 0 Å². The van der Waals surface area contributed by atoms with Crippen molar-refractivity contribution in [3.8, 4) is 0 Å². The van der Waals surface area contributed by atoms with Gasteiger partial charge in [-0.05, 0) is 18.2 Å². The number of likely N-dealkylation sites (tertiary alicyclic amines) is 1. The highest BCUT2D eigenvalue weighted by Gasteiger charge is 2.39. The van der Waals surface area contributed by atoms with Gasteiger partial charge in [0.05, 0.1) is 11.8 Å². The van der Waals surface area contributed by atoms with Crippen molar-refractivity contribution >= 4 is 33.6 Å². The zero-order valence-electron chi connectivity index (χ0n) is 10.2. The Bertz CT molecular complexity index is 554. The summed E-state index contributed by atoms with van der Waals surface area (Å²) >= 11 is 3.09. The lowest BCUT2D eigenvalue weighted by Crippen LogP contribution is -2.43. The fourth-order valence-electron chi connectivity index (χ4n) is 2.05. The number of hydrogen-bond acceptors (Lipinski definition) is 3. The summed E-state index contributed by atoms with van der Waals surface area (Å²) < 4.78 is 14.1. The van der Waals surface area contributed by atoms with E-state index in [9.17, 15) is 19.1 Å². The third-order valence-electron chi connectivity index (χ3n) is 3.00. The summed E-state index contributed by atoms with van der Waals surface area (Å²) in [6, 6.07) is 2.23. The Hall–Kier alpha value is -1.67. The molecule has 1 aromatic carbocycles. The highest BCUT2D eigenvalue weighted by atomic mass is 79.9. The van der Waals surface area contributed by atoms with Crippen LogP contribution in [0.3, 0.4) is 0 Å². The SMILES string of the molecule is O=C(O)[C@@H]1C[C@H](O)CN1C(=O)Nc1ccc(Br)cc1F. The zero-order valence-corrected chi connectivity index (χ0v) is 11.8. The second kappa shape index (κ2) is 5.76. The minimum absolute atomic E-state index is 0.0361. The standard InChI is InChI=1S/C12H12BrFN2O4/c13-6-1-2-9(8(14)3-6)15-12(20)16-5-7(17)4-10(16)11(18)19/h1-3,7,10,17H,4-5H2,(H,15,20)(H,18,19)/t7-,10-/m0/s1. The molecule has 1 saturated heterocycles. The van der Waals surface area contributed by atoms with Gasteiger partial charge in [0.2, 0.25) is 0 Å². The molecule has 1 heterocycles. The lowest BCUT2D eigenvalue weighted by Gasteiger charge is -2.21. The molecule has 0 saturated carbocycles. The van der Waals surface area contributed by atoms with Crippen LogP contribution in [0.5, 0.6) is 0 Å². The van der Waals surface area contributed by atoms with Gasteiger partial charge in [0.25, 0.3) is 0 Å². The molecule has 0 unspecified atom stereocenters. The molecule has 8 heteroatoms. The number of aliphatic hydroxyl groups is 1. The Morgan fingerprint density at radius 3 is 2.75 bits per heavy atom. The number of hydrogen-bond donors (Lipinski definition) is 3. The molecule has 6 nitrogen and oxygen atoms in total. The Morgan fingerprint density at radius 1 is 1.45 bits per heavy atom. The molecular formula is C12H12BrFN2O4. The second-order valence-electron chi connectivity index (χ2n) is 4.45. The Labute approximate surface area is 122 Å². The van der Waals surface area contributed by atoms with E-state index in [0.717, 1.165) is 4.90 Å². The van der Waals surface area contributed by atoms with Crippen LogP contribution in [0, 0.1) is 5.82 Å². The molecule has 2 atom stereocenters. The molecule has 1 aromatic rings. The van der Waals surface area contributed by atoms with Crippen molar-refractivity contribution in [2.24, 2.45) is 0 Å². The van der Waals surface area contributed by atoms with Crippen molar-refractivity contribution in [1.29, 1.82) is 0 Å². The topological polar surface area (TPSA) is 89.9 Å². The van der Waals surface area contributed by atoms with E-state index in [1.54, 1.807) is 6.07 Å². The van der Waals surface area contributed by atoms with Gasteiger partial charge >= 0.3 is 12.0 Å². The van der Waals surface area contributed by atoms with Crippen molar-refractivity contribution in [1.82, 2.24) is 4.90 Å². The number of carboxylic acids is 1. The largest absolute Gasteiger partial charge is 0.480 e. The van der Waals surface area contributed by atoms with Crippen molar-refractivity contribution in [3.05, 3.63) is 28.5 Å². The van der Waals surface area contributed by atoms with E-state index < -0.39 is 30.0 Å². The predicted molar refractivity (Wildman–Crippen MR) is 71.9 cm³/mol. The Balaban J connectivity index is 2.13. The summed E-state index contributed by atoms with van der Waals surface area (Å²) in [6.07, 6.45) is -0.928. The molecule has 108 valence electrons. The average molecular weight is 347 g/mol. The van der Waals surface area contributed by atoms with Gasteiger partial charge in [-0.15, -0.1) is 0 Å². The number of nitrogens with zero attached hydrogens (tertiary/aromatic N) is 1. The van der Waals surface area contributed by atoms with Gasteiger partial charge in [-0.1, -0.05) is 15.9 Å². The maximum atomic E-state index is 13.6. The molecule has 0 aromatic heterocycles. The number of carboxylic acid groups (broad SMARTS) is 1. The number of amides is 2. The highest BCUT2D eigenvalue weighted by Crippen LogP contribution is 2.22. The van der Waals surface area contributed by atoms with Crippen LogP contribution in [0.1, 0.15) is 6.42 Å². The number of aliphatic carboxylic acids is 1. The van der Waals surface area contributed by atoms with Crippen LogP contribution in [-0.4, -0.2) is 45.8 Å². The van der Waals surface area contributed by atoms with E-state index in [1.165, 1.54) is 12.1 Å². The smallest absolute Gasteiger partial charge is 0.326 e. The second-order valence-corrected chi connectivity index (χ2v) is 5.37. The normalized spacial score (nSPS) is 21.9. The number of nitrogens with one attached hydrogen (secondary N) is 1. The van der Waals surface area contributed by atoms with Crippen molar-refractivity contribution < 1.29 is 24.2 Å². The third kappa shape index (κ3) is 3.07. The molecule has 0 aliphatic carbocycles. The molecule has 1 fully saturated rings. The van der Waals surface area contributed by atoms with Crippen LogP contribution < -0.4 is 5.32 Å². The third-order valence-corrected chi connectivity index (χ3v) is 3.49. The predicted octanol–water partition coefficient (Wildman–Crippen LogP) is 1.64. The molecule has 2 rings (SSSR count). The van der Waals surface area contributed by atoms with Gasteiger partial charge in [-0.25, -0.2) is 14.0 Å². The summed E-state index contributed by atoms with van der Waals surface area (Å²) in [4.78, 5) is 24.0. The minimum Gasteiger partial charge on any atom is -0.480 e. The van der Waals surface area contributed by atoms with E-state index >= 15 is 0 Å². The molecule has 1 aliphatic heterocycles. The summed E-state index contributed by atoms with van der Waals surface area (Å²) in [5, 5.41) is 20.8. The zero-order chi connectivity index (χ0) is 14.9. The van der Waals surface area contributed by atoms with Crippen LogP contribution in [0.25, 0.3) is 0 Å². The molecular weight excluding hydrogens is 335 g/mol. The number of anilines is 1. The first-order valence-electron chi connectivity index (χ1n) is 5.82. The van der Waals surface area contributed by atoms with Gasteiger partial charge < -0.3 is 20.4 Å². The molecule has 20 heavy (non-hydrogen) atoms. The lowest BCUT2D eigenvalue weighted by molar-refractivity contribution is -0.141. The summed E-state index contributed by atoms with van der Waals surface area (Å²) in [7, 11) is 0. The number of carbonyl (C=O) groups is 2. The van der Waals surface area contributed by atoms with Crippen LogP contribution in [0.4, 0.5) is 14.9 Å². The Kier molecular flexibility index (Phi) is 4.24. The fraction of sp³-hybridized carbons (Fsp3) is 0.333. The van der Waals surface area contributed by atoms with Gasteiger partial charge in [0.15, 0.2) is 0 Å². The fourth-order valence-corrected chi connectivity index (χ4v) is 2.38. The summed E-state index contributed by atoms with van der Waals surface area (Å²) in [5.41, 5.74) is -0.0521. The van der Waals surface area contributed by atoms with Gasteiger partial charge in [-0.2, -0.15) is 0 Å². The maximum absolute atomic E-state index is 13.6. The molecule has 3 N–H and O–H groups in total. The van der Waals surface area contributed by atoms with Crippen LogP contribution in [-0.2, 0) is 4.79 Å². The molecule has 1 aliphatic rings. The number of carbonyl (C=O) groups excluding carboxylic acids is 1. The van der Waals surface area contributed by atoms with Gasteiger partial charge in [-0.3, -0.25) is 0 Å². The number of urea groups is 1. The number of halogens is 2. The summed E-state index contributed by atoms with van der Waals surface area (Å²) in [5.74, 6) is -1.84. The summed E-state index contributed by atoms with van der Waals surface area (Å²) in [6.45, 7) is -0.0963. The lowest BCUT2D eigenvalue weighted by atomic mass is 10.2. The van der Waals surface area contributed by atoms with Gasteiger partial charge in [0, 0.05) is 17.4 Å². The maximum Gasteiger partial charge on any atom is 0.326 e. The number of β-amino-alcohol motifs (C(OH)–C–C–N with tert-alkyl or cyclic N) is 1. The number of benzene rings is 1. The first-order chi connectivity index (χ1) is 9.38. The Morgan fingerprint density at radius 2 is 2.15 bits per heavy atom. The van der Waals surface area contributed by atoms with E-state index in [1.807, 2.05) is 0 Å². The monoisotopic (exact) mass is 346 g/mol. The van der Waals surface area contributed by atoms with E-state index in [-0.39, 0.29) is 18.7 Å². The molecule has 0 radical (unpaired) electrons. The van der Waals surface area contributed by atoms with Crippen LogP contribution in [0.2, 0.25) is 0 Å².